The van der Waals surface area contributed by atoms with Gasteiger partial charge in [0.15, 0.2) is 0 Å². The molecule has 0 saturated carbocycles. The van der Waals surface area contributed by atoms with Crippen LogP contribution in [0.1, 0.15) is 18.4 Å². The lowest BCUT2D eigenvalue weighted by Gasteiger charge is -2.11. The van der Waals surface area contributed by atoms with Gasteiger partial charge >= 0.3 is 5.97 Å². The van der Waals surface area contributed by atoms with Crippen LogP contribution in [0.3, 0.4) is 0 Å². The van der Waals surface area contributed by atoms with Gasteiger partial charge in [-0.1, -0.05) is 23.7 Å². The van der Waals surface area contributed by atoms with E-state index in [1.165, 1.54) is 31.2 Å². The fraction of sp³-hybridized carbons (Fsp3) is 0.133. The molecule has 104 valence electrons. The molecule has 0 fully saturated rings. The minimum Gasteiger partial charge on any atom is -0.507 e. The summed E-state index contributed by atoms with van der Waals surface area (Å²) in [6.07, 6.45) is 0. The van der Waals surface area contributed by atoms with Crippen LogP contribution in [0.4, 0.5) is 4.39 Å². The summed E-state index contributed by atoms with van der Waals surface area (Å²) in [7, 11) is 0. The van der Waals surface area contributed by atoms with Gasteiger partial charge in [0.05, 0.1) is 5.92 Å². The Labute approximate surface area is 120 Å². The maximum absolute atomic E-state index is 13.8. The van der Waals surface area contributed by atoms with E-state index in [1.807, 2.05) is 0 Å². The highest BCUT2D eigenvalue weighted by atomic mass is 35.5. The van der Waals surface area contributed by atoms with E-state index in [0.717, 1.165) is 6.07 Å². The number of carbonyl (C=O) groups is 1. The van der Waals surface area contributed by atoms with Crippen molar-refractivity contribution < 1.29 is 19.4 Å². The van der Waals surface area contributed by atoms with Crippen molar-refractivity contribution in [3.8, 4) is 16.9 Å². The van der Waals surface area contributed by atoms with E-state index in [4.69, 9.17) is 16.7 Å². The third-order valence-corrected chi connectivity index (χ3v) is 3.35. The van der Waals surface area contributed by atoms with E-state index in [2.05, 4.69) is 0 Å². The standard InChI is InChI=1S/C15H12ClFO3/c1-8(15(19)20)9-2-4-12(14(18)6-9)11-5-3-10(16)7-13(11)17/h2-8,18H,1H3,(H,19,20). The molecule has 0 saturated heterocycles. The third kappa shape index (κ3) is 2.75. The zero-order valence-electron chi connectivity index (χ0n) is 10.6. The van der Waals surface area contributed by atoms with Gasteiger partial charge in [-0.2, -0.15) is 0 Å². The summed E-state index contributed by atoms with van der Waals surface area (Å²) >= 11 is 5.68. The first-order chi connectivity index (χ1) is 9.40. The van der Waals surface area contributed by atoms with Gasteiger partial charge in [-0.05, 0) is 36.8 Å². The molecule has 0 spiro atoms. The quantitative estimate of drug-likeness (QED) is 0.898. The van der Waals surface area contributed by atoms with Crippen LogP contribution < -0.4 is 0 Å². The fourth-order valence-electron chi connectivity index (χ4n) is 1.90. The average Bonchev–Trinajstić information content (AvgIpc) is 2.38. The monoisotopic (exact) mass is 294 g/mol. The Balaban J connectivity index is 2.47. The normalized spacial score (nSPS) is 12.2. The van der Waals surface area contributed by atoms with E-state index in [1.54, 1.807) is 6.07 Å². The minimum absolute atomic E-state index is 0.170. The van der Waals surface area contributed by atoms with Crippen molar-refractivity contribution in [3.63, 3.8) is 0 Å². The van der Waals surface area contributed by atoms with Gasteiger partial charge in [0.1, 0.15) is 11.6 Å². The molecule has 5 heteroatoms. The first kappa shape index (κ1) is 14.3. The summed E-state index contributed by atoms with van der Waals surface area (Å²) in [4.78, 5) is 10.9. The van der Waals surface area contributed by atoms with Crippen molar-refractivity contribution in [3.05, 3.63) is 52.8 Å². The molecule has 0 aliphatic carbocycles. The molecule has 0 aromatic heterocycles. The molecule has 0 amide bonds. The Kier molecular flexibility index (Phi) is 3.95. The molecular weight excluding hydrogens is 283 g/mol. The number of hydrogen-bond acceptors (Lipinski definition) is 2. The van der Waals surface area contributed by atoms with Crippen LogP contribution in [0.25, 0.3) is 11.1 Å². The zero-order chi connectivity index (χ0) is 14.9. The molecule has 0 radical (unpaired) electrons. The van der Waals surface area contributed by atoms with Crippen molar-refractivity contribution in [2.75, 3.05) is 0 Å². The molecule has 1 atom stereocenters. The molecule has 2 rings (SSSR count). The molecule has 3 nitrogen and oxygen atoms in total. The Morgan fingerprint density at radius 3 is 2.40 bits per heavy atom. The number of phenolic OH excluding ortho intramolecular Hbond substituents is 1. The Morgan fingerprint density at radius 2 is 1.85 bits per heavy atom. The van der Waals surface area contributed by atoms with Crippen LogP contribution in [0.2, 0.25) is 5.02 Å². The summed E-state index contributed by atoms with van der Waals surface area (Å²) in [5.74, 6) is -2.46. The van der Waals surface area contributed by atoms with Crippen molar-refractivity contribution in [2.45, 2.75) is 12.8 Å². The fourth-order valence-corrected chi connectivity index (χ4v) is 2.06. The number of benzene rings is 2. The maximum Gasteiger partial charge on any atom is 0.310 e. The summed E-state index contributed by atoms with van der Waals surface area (Å²) in [5, 5.41) is 19.2. The second-order valence-corrected chi connectivity index (χ2v) is 4.90. The predicted octanol–water partition coefficient (Wildman–Crippen LogP) is 4.04. The van der Waals surface area contributed by atoms with Gasteiger partial charge in [0.25, 0.3) is 0 Å². The highest BCUT2D eigenvalue weighted by Gasteiger charge is 2.17. The topological polar surface area (TPSA) is 57.5 Å². The summed E-state index contributed by atoms with van der Waals surface area (Å²) in [5.41, 5.74) is 0.954. The minimum atomic E-state index is -0.991. The number of carboxylic acids is 1. The second kappa shape index (κ2) is 5.51. The predicted molar refractivity (Wildman–Crippen MR) is 74.6 cm³/mol. The number of aliphatic carboxylic acids is 1. The Morgan fingerprint density at radius 1 is 1.20 bits per heavy atom. The van der Waals surface area contributed by atoms with Gasteiger partial charge in [-0.3, -0.25) is 4.79 Å². The summed E-state index contributed by atoms with van der Waals surface area (Å²) in [6.45, 7) is 1.51. The smallest absolute Gasteiger partial charge is 0.310 e. The third-order valence-electron chi connectivity index (χ3n) is 3.11. The molecule has 0 aliphatic heterocycles. The van der Waals surface area contributed by atoms with E-state index in [-0.39, 0.29) is 16.3 Å². The van der Waals surface area contributed by atoms with Crippen molar-refractivity contribution in [2.24, 2.45) is 0 Å². The van der Waals surface area contributed by atoms with Crippen LogP contribution in [0.15, 0.2) is 36.4 Å². The van der Waals surface area contributed by atoms with E-state index in [0.29, 0.717) is 11.1 Å². The molecule has 0 heterocycles. The van der Waals surface area contributed by atoms with Crippen LogP contribution in [-0.4, -0.2) is 16.2 Å². The van der Waals surface area contributed by atoms with Crippen molar-refractivity contribution >= 4 is 17.6 Å². The van der Waals surface area contributed by atoms with Gasteiger partial charge in [0.2, 0.25) is 0 Å². The largest absolute Gasteiger partial charge is 0.507 e. The molecule has 0 aliphatic rings. The van der Waals surface area contributed by atoms with Gasteiger partial charge < -0.3 is 10.2 Å². The summed E-state index contributed by atoms with van der Waals surface area (Å²) < 4.78 is 13.8. The molecule has 20 heavy (non-hydrogen) atoms. The Hall–Kier alpha value is -2.07. The summed E-state index contributed by atoms with van der Waals surface area (Å²) in [6, 6.07) is 8.53. The lowest BCUT2D eigenvalue weighted by atomic mass is 9.96. The van der Waals surface area contributed by atoms with Crippen molar-refractivity contribution in [1.82, 2.24) is 0 Å². The van der Waals surface area contributed by atoms with E-state index < -0.39 is 17.7 Å². The highest BCUT2D eigenvalue weighted by Crippen LogP contribution is 2.34. The molecule has 2 N–H and O–H groups in total. The first-order valence-corrected chi connectivity index (χ1v) is 6.29. The lowest BCUT2D eigenvalue weighted by Crippen LogP contribution is -2.07. The molecule has 0 bridgehead atoms. The molecule has 2 aromatic carbocycles. The number of carboxylic acid groups (broad SMARTS) is 1. The number of rotatable bonds is 3. The van der Waals surface area contributed by atoms with Gasteiger partial charge in [-0.25, -0.2) is 4.39 Å². The molecular formula is C15H12ClFO3. The highest BCUT2D eigenvalue weighted by molar-refractivity contribution is 6.30. The lowest BCUT2D eigenvalue weighted by molar-refractivity contribution is -0.138. The number of aromatic hydroxyl groups is 1. The van der Waals surface area contributed by atoms with E-state index >= 15 is 0 Å². The number of halogens is 2. The van der Waals surface area contributed by atoms with Crippen LogP contribution in [0, 0.1) is 5.82 Å². The van der Waals surface area contributed by atoms with Crippen LogP contribution in [0.5, 0.6) is 5.75 Å². The zero-order valence-corrected chi connectivity index (χ0v) is 11.4. The molecule has 2 aromatic rings. The average molecular weight is 295 g/mol. The van der Waals surface area contributed by atoms with Gasteiger partial charge in [-0.15, -0.1) is 0 Å². The second-order valence-electron chi connectivity index (χ2n) is 4.46. The van der Waals surface area contributed by atoms with Gasteiger partial charge in [0, 0.05) is 16.1 Å². The number of phenols is 1. The maximum atomic E-state index is 13.8. The van der Waals surface area contributed by atoms with Crippen LogP contribution >= 0.6 is 11.6 Å². The number of hydrogen-bond donors (Lipinski definition) is 2. The molecule has 1 unspecified atom stereocenters. The van der Waals surface area contributed by atoms with Crippen molar-refractivity contribution in [1.29, 1.82) is 0 Å². The van der Waals surface area contributed by atoms with E-state index in [9.17, 15) is 14.3 Å². The first-order valence-electron chi connectivity index (χ1n) is 5.91. The van der Waals surface area contributed by atoms with Crippen LogP contribution in [-0.2, 0) is 4.79 Å². The SMILES string of the molecule is CC(C(=O)O)c1ccc(-c2ccc(Cl)cc2F)c(O)c1. The Bertz CT molecular complexity index is 670.